The van der Waals surface area contributed by atoms with E-state index in [9.17, 15) is 9.59 Å². The average Bonchev–Trinajstić information content (AvgIpc) is 3.11. The number of nitrogens with zero attached hydrogens (tertiary/aromatic N) is 4. The molecule has 0 unspecified atom stereocenters. The van der Waals surface area contributed by atoms with E-state index in [1.165, 1.54) is 16.8 Å². The van der Waals surface area contributed by atoms with Crippen LogP contribution in [0.5, 0.6) is 11.5 Å². The quantitative estimate of drug-likeness (QED) is 0.475. The highest BCUT2D eigenvalue weighted by Crippen LogP contribution is 2.24. The highest BCUT2D eigenvalue weighted by atomic mass is 16.5. The van der Waals surface area contributed by atoms with Gasteiger partial charge in [-0.25, -0.2) is 4.98 Å². The number of pyridine rings is 1. The topological polar surface area (TPSA) is 126 Å². The lowest BCUT2D eigenvalue weighted by molar-refractivity contribution is 0.0958. The second-order valence-corrected chi connectivity index (χ2v) is 6.15. The molecule has 0 radical (unpaired) electrons. The molecule has 0 spiro atoms. The van der Waals surface area contributed by atoms with Gasteiger partial charge in [-0.2, -0.15) is 9.50 Å². The minimum atomic E-state index is -0.287. The Morgan fingerprint density at radius 3 is 2.66 bits per heavy atom. The number of ether oxygens (including phenoxy) is 1. The number of nitrogens with one attached hydrogen (secondary N) is 3. The monoisotopic (exact) mass is 391 g/mol. The largest absolute Gasteiger partial charge is 0.457 e. The molecule has 0 aliphatic heterocycles. The lowest BCUT2D eigenvalue weighted by Gasteiger charge is -2.08. The second-order valence-electron chi connectivity index (χ2n) is 6.15. The molecule has 0 saturated carbocycles. The zero-order chi connectivity index (χ0) is 20.4. The van der Waals surface area contributed by atoms with Crippen molar-refractivity contribution in [3.63, 3.8) is 0 Å². The van der Waals surface area contributed by atoms with Crippen LogP contribution < -0.4 is 20.9 Å². The zero-order valence-electron chi connectivity index (χ0n) is 15.6. The third kappa shape index (κ3) is 3.90. The molecule has 3 heterocycles. The molecule has 10 nitrogen and oxygen atoms in total. The third-order valence-corrected chi connectivity index (χ3v) is 4.00. The summed E-state index contributed by atoms with van der Waals surface area (Å²) < 4.78 is 7.03. The maximum atomic E-state index is 11.9. The molecule has 4 rings (SSSR count). The van der Waals surface area contributed by atoms with Crippen LogP contribution in [0.2, 0.25) is 0 Å². The molecule has 0 aliphatic rings. The standard InChI is InChI=1S/C19H17N7O3/c1-11-9-16(27)26-19(22-11)24-18(25-26)23-12-3-5-13(6-4-12)29-14-7-8-21-15(10-14)17(28)20-2/h3-10H,1-2H3,(H,20,28)(H2,22,23,24,25). The van der Waals surface area contributed by atoms with Crippen LogP contribution in [0.4, 0.5) is 11.6 Å². The zero-order valence-corrected chi connectivity index (χ0v) is 15.6. The number of carbonyl (C=O) groups is 1. The van der Waals surface area contributed by atoms with Crippen LogP contribution in [0, 0.1) is 6.92 Å². The number of fused-ring (bicyclic) bond motifs is 1. The Morgan fingerprint density at radius 2 is 1.90 bits per heavy atom. The van der Waals surface area contributed by atoms with Crippen molar-refractivity contribution >= 4 is 23.3 Å². The van der Waals surface area contributed by atoms with Gasteiger partial charge >= 0.3 is 0 Å². The van der Waals surface area contributed by atoms with E-state index in [1.807, 2.05) is 0 Å². The number of carbonyl (C=O) groups excluding carboxylic acids is 1. The van der Waals surface area contributed by atoms with Crippen LogP contribution >= 0.6 is 0 Å². The lowest BCUT2D eigenvalue weighted by atomic mass is 10.3. The van der Waals surface area contributed by atoms with Crippen molar-refractivity contribution in [2.24, 2.45) is 0 Å². The Morgan fingerprint density at radius 1 is 1.10 bits per heavy atom. The van der Waals surface area contributed by atoms with Crippen molar-refractivity contribution in [1.82, 2.24) is 29.9 Å². The predicted molar refractivity (Wildman–Crippen MR) is 106 cm³/mol. The Bertz CT molecular complexity index is 1240. The molecule has 0 aliphatic carbocycles. The van der Waals surface area contributed by atoms with Crippen LogP contribution in [0.15, 0.2) is 53.5 Å². The molecule has 4 aromatic rings. The number of rotatable bonds is 5. The van der Waals surface area contributed by atoms with E-state index in [0.29, 0.717) is 28.9 Å². The number of benzene rings is 1. The van der Waals surface area contributed by atoms with Gasteiger partial charge in [-0.1, -0.05) is 0 Å². The number of aromatic amines is 1. The van der Waals surface area contributed by atoms with Crippen LogP contribution in [0.25, 0.3) is 5.78 Å². The van der Waals surface area contributed by atoms with Gasteiger partial charge < -0.3 is 15.4 Å². The van der Waals surface area contributed by atoms with Crippen molar-refractivity contribution < 1.29 is 9.53 Å². The molecule has 1 aromatic carbocycles. The molecule has 1 amide bonds. The van der Waals surface area contributed by atoms with E-state index in [0.717, 1.165) is 5.69 Å². The maximum Gasteiger partial charge on any atom is 0.274 e. The van der Waals surface area contributed by atoms with Gasteiger partial charge in [0.15, 0.2) is 0 Å². The third-order valence-electron chi connectivity index (χ3n) is 4.00. The van der Waals surface area contributed by atoms with E-state index in [1.54, 1.807) is 50.4 Å². The van der Waals surface area contributed by atoms with Gasteiger partial charge in [0.05, 0.1) is 0 Å². The van der Waals surface area contributed by atoms with E-state index in [-0.39, 0.29) is 17.2 Å². The summed E-state index contributed by atoms with van der Waals surface area (Å²) in [6, 6.07) is 11.8. The molecule has 0 fully saturated rings. The molecule has 29 heavy (non-hydrogen) atoms. The molecule has 0 saturated heterocycles. The molecule has 10 heteroatoms. The first-order chi connectivity index (χ1) is 14.0. The normalized spacial score (nSPS) is 10.7. The summed E-state index contributed by atoms with van der Waals surface area (Å²) in [5, 5.41) is 8.46. The molecule has 146 valence electrons. The summed E-state index contributed by atoms with van der Waals surface area (Å²) >= 11 is 0. The van der Waals surface area contributed by atoms with E-state index >= 15 is 0 Å². The number of H-pyrrole nitrogens is 1. The second kappa shape index (κ2) is 7.43. The van der Waals surface area contributed by atoms with Gasteiger partial charge in [0.2, 0.25) is 5.95 Å². The predicted octanol–water partition coefficient (Wildman–Crippen LogP) is 2.02. The number of hydrogen-bond donors (Lipinski definition) is 3. The van der Waals surface area contributed by atoms with Gasteiger partial charge in [-0.05, 0) is 37.3 Å². The first kappa shape index (κ1) is 18.2. The van der Waals surface area contributed by atoms with Crippen molar-refractivity contribution in [1.29, 1.82) is 0 Å². The van der Waals surface area contributed by atoms with Crippen molar-refractivity contribution in [2.75, 3.05) is 12.4 Å². The van der Waals surface area contributed by atoms with Gasteiger partial charge in [0, 0.05) is 36.8 Å². The van der Waals surface area contributed by atoms with Crippen molar-refractivity contribution in [3.05, 3.63) is 70.4 Å². The highest BCUT2D eigenvalue weighted by molar-refractivity contribution is 5.92. The van der Waals surface area contributed by atoms with Crippen LogP contribution in [0.3, 0.4) is 0 Å². The number of aryl methyl sites for hydroxylation is 1. The molecule has 3 N–H and O–H groups in total. The fraction of sp³-hybridized carbons (Fsp3) is 0.105. The van der Waals surface area contributed by atoms with Crippen molar-refractivity contribution in [3.8, 4) is 11.5 Å². The Balaban J connectivity index is 1.49. The Kier molecular flexibility index (Phi) is 4.65. The fourth-order valence-electron chi connectivity index (χ4n) is 2.65. The SMILES string of the molecule is CNC(=O)c1cc(Oc2ccc(Nc3nc4nc(C)cc(=O)n4[nH]3)cc2)ccn1. The summed E-state index contributed by atoms with van der Waals surface area (Å²) in [7, 11) is 1.54. The minimum absolute atomic E-state index is 0.231. The smallest absolute Gasteiger partial charge is 0.274 e. The molecule has 0 bridgehead atoms. The summed E-state index contributed by atoms with van der Waals surface area (Å²) in [5.74, 6) is 1.48. The average molecular weight is 391 g/mol. The van der Waals surface area contributed by atoms with Gasteiger partial charge in [0.25, 0.3) is 17.2 Å². The van der Waals surface area contributed by atoms with Gasteiger partial charge in [0.1, 0.15) is 17.2 Å². The fourth-order valence-corrected chi connectivity index (χ4v) is 2.65. The first-order valence-electron chi connectivity index (χ1n) is 8.71. The van der Waals surface area contributed by atoms with Crippen molar-refractivity contribution in [2.45, 2.75) is 6.92 Å². The molecule has 3 aromatic heterocycles. The van der Waals surface area contributed by atoms with Crippen LogP contribution in [-0.2, 0) is 0 Å². The first-order valence-corrected chi connectivity index (χ1v) is 8.71. The van der Waals surface area contributed by atoms with Gasteiger partial charge in [-0.3, -0.25) is 19.7 Å². The lowest BCUT2D eigenvalue weighted by Crippen LogP contribution is -2.18. The van der Waals surface area contributed by atoms with E-state index in [4.69, 9.17) is 4.74 Å². The summed E-state index contributed by atoms with van der Waals surface area (Å²) in [6.45, 7) is 1.74. The molecular formula is C19H17N7O3. The van der Waals surface area contributed by atoms with Crippen LogP contribution in [0.1, 0.15) is 16.2 Å². The molecular weight excluding hydrogens is 374 g/mol. The Labute approximate surface area is 164 Å². The van der Waals surface area contributed by atoms with E-state index in [2.05, 4.69) is 30.7 Å². The summed E-state index contributed by atoms with van der Waals surface area (Å²) in [6.07, 6.45) is 1.51. The summed E-state index contributed by atoms with van der Waals surface area (Å²) in [4.78, 5) is 36.1. The molecule has 0 atom stereocenters. The Hall–Kier alpha value is -4.21. The number of hydrogen-bond acceptors (Lipinski definition) is 7. The number of amides is 1. The van der Waals surface area contributed by atoms with Crippen LogP contribution in [-0.4, -0.2) is 37.5 Å². The maximum absolute atomic E-state index is 11.9. The summed E-state index contributed by atoms with van der Waals surface area (Å²) in [5.41, 5.74) is 1.38. The minimum Gasteiger partial charge on any atom is -0.457 e. The number of aromatic nitrogens is 5. The number of anilines is 2. The van der Waals surface area contributed by atoms with Gasteiger partial charge in [-0.15, -0.1) is 0 Å². The van der Waals surface area contributed by atoms with E-state index < -0.39 is 0 Å². The highest BCUT2D eigenvalue weighted by Gasteiger charge is 2.08.